The van der Waals surface area contributed by atoms with Gasteiger partial charge in [-0.05, 0) is 24.3 Å². The first-order valence-electron chi connectivity index (χ1n) is 3.49. The van der Waals surface area contributed by atoms with Gasteiger partial charge in [-0.2, -0.15) is 13.2 Å². The van der Waals surface area contributed by atoms with Crippen molar-refractivity contribution >= 4 is 28.4 Å². The topological polar surface area (TPSA) is 23.9 Å². The molecule has 0 saturated heterocycles. The number of hydrogen-bond donors (Lipinski definition) is 1. The third kappa shape index (κ3) is 3.23. The highest BCUT2D eigenvalue weighted by Crippen LogP contribution is 2.29. The summed E-state index contributed by atoms with van der Waals surface area (Å²) in [4.78, 5) is 0.344. The molecule has 0 amide bonds. The summed E-state index contributed by atoms with van der Waals surface area (Å²) in [5.41, 5.74) is 0. The molecule has 1 aromatic rings. The fourth-order valence-electron chi connectivity index (χ4n) is 0.678. The Morgan fingerprint density at radius 1 is 1.21 bits per heavy atom. The van der Waals surface area contributed by atoms with Gasteiger partial charge in [-0.25, -0.2) is 0 Å². The first-order chi connectivity index (χ1) is 6.39. The van der Waals surface area contributed by atoms with Gasteiger partial charge in [0, 0.05) is 9.92 Å². The molecule has 0 radical (unpaired) electrons. The molecule has 1 N–H and O–H groups in total. The predicted molar refractivity (Wildman–Crippen MR) is 51.1 cm³/mol. The van der Waals surface area contributed by atoms with Crippen molar-refractivity contribution in [2.24, 2.45) is 0 Å². The molecular formula is C8H5ClF3NS. The second kappa shape index (κ2) is 4.23. The number of hydrogen-bond acceptors (Lipinski definition) is 2. The number of benzene rings is 1. The smallest absolute Gasteiger partial charge is 0.290 e. The molecule has 0 heterocycles. The van der Waals surface area contributed by atoms with Crippen LogP contribution in [0.2, 0.25) is 5.02 Å². The normalized spacial score (nSPS) is 11.4. The van der Waals surface area contributed by atoms with Gasteiger partial charge in [-0.3, -0.25) is 5.41 Å². The number of alkyl halides is 3. The van der Waals surface area contributed by atoms with Gasteiger partial charge in [0.25, 0.3) is 0 Å². The van der Waals surface area contributed by atoms with Crippen molar-refractivity contribution in [3.63, 3.8) is 0 Å². The lowest BCUT2D eigenvalue weighted by Crippen LogP contribution is -2.17. The van der Waals surface area contributed by atoms with Crippen molar-refractivity contribution in [2.75, 3.05) is 0 Å². The molecule has 0 spiro atoms. The molecule has 0 aliphatic heterocycles. The van der Waals surface area contributed by atoms with Gasteiger partial charge in [0.2, 0.25) is 0 Å². The van der Waals surface area contributed by atoms with Gasteiger partial charge in [0.1, 0.15) is 0 Å². The highest BCUT2D eigenvalue weighted by molar-refractivity contribution is 8.14. The maximum absolute atomic E-state index is 11.9. The maximum atomic E-state index is 11.9. The maximum Gasteiger partial charge on any atom is 0.439 e. The summed E-state index contributed by atoms with van der Waals surface area (Å²) in [7, 11) is 0. The molecule has 0 aliphatic carbocycles. The van der Waals surface area contributed by atoms with Crippen LogP contribution in [0.25, 0.3) is 0 Å². The Bertz CT molecular complexity index is 333. The fourth-order valence-corrected chi connectivity index (χ4v) is 1.43. The summed E-state index contributed by atoms with van der Waals surface area (Å²) in [6.07, 6.45) is -4.58. The van der Waals surface area contributed by atoms with Crippen molar-refractivity contribution in [3.05, 3.63) is 29.3 Å². The van der Waals surface area contributed by atoms with E-state index in [1.54, 1.807) is 0 Å². The summed E-state index contributed by atoms with van der Waals surface area (Å²) >= 11 is 5.91. The molecule has 0 bridgehead atoms. The molecule has 0 atom stereocenters. The van der Waals surface area contributed by atoms with E-state index >= 15 is 0 Å². The van der Waals surface area contributed by atoms with Crippen molar-refractivity contribution in [3.8, 4) is 0 Å². The van der Waals surface area contributed by atoms with E-state index in [4.69, 9.17) is 17.0 Å². The average molecular weight is 240 g/mol. The molecule has 6 heteroatoms. The summed E-state index contributed by atoms with van der Waals surface area (Å²) in [6.45, 7) is 0. The van der Waals surface area contributed by atoms with Crippen LogP contribution in [-0.2, 0) is 0 Å². The molecule has 1 rings (SSSR count). The Labute approximate surface area is 87.8 Å². The molecule has 0 aromatic heterocycles. The standard InChI is InChI=1S/C8H5ClF3NS/c9-5-1-3-6(4-2-5)14-7(13)8(10,11)12/h1-4,13H. The number of nitrogens with one attached hydrogen (secondary N) is 1. The molecule has 14 heavy (non-hydrogen) atoms. The molecule has 1 nitrogen and oxygen atoms in total. The zero-order valence-corrected chi connectivity index (χ0v) is 8.30. The highest BCUT2D eigenvalue weighted by atomic mass is 35.5. The van der Waals surface area contributed by atoms with E-state index in [1.807, 2.05) is 0 Å². The quantitative estimate of drug-likeness (QED) is 0.447. The summed E-state index contributed by atoms with van der Waals surface area (Å²) < 4.78 is 35.8. The second-order valence-corrected chi connectivity index (χ2v) is 3.90. The molecule has 1 aromatic carbocycles. The number of thioether (sulfide) groups is 1. The lowest BCUT2D eigenvalue weighted by Gasteiger charge is -2.06. The van der Waals surface area contributed by atoms with Crippen LogP contribution in [0.15, 0.2) is 29.2 Å². The van der Waals surface area contributed by atoms with E-state index in [-0.39, 0.29) is 0 Å². The zero-order chi connectivity index (χ0) is 10.8. The molecule has 0 unspecified atom stereocenters. The van der Waals surface area contributed by atoms with Crippen LogP contribution >= 0.6 is 23.4 Å². The Morgan fingerprint density at radius 2 is 1.71 bits per heavy atom. The van der Waals surface area contributed by atoms with E-state index in [9.17, 15) is 13.2 Å². The Hall–Kier alpha value is -0.680. The van der Waals surface area contributed by atoms with E-state index in [0.717, 1.165) is 0 Å². The molecule has 0 fully saturated rings. The monoisotopic (exact) mass is 239 g/mol. The van der Waals surface area contributed by atoms with Crippen molar-refractivity contribution in [1.29, 1.82) is 5.41 Å². The first kappa shape index (κ1) is 11.4. The van der Waals surface area contributed by atoms with Gasteiger partial charge in [-0.15, -0.1) is 0 Å². The SMILES string of the molecule is N=C(Sc1ccc(Cl)cc1)C(F)(F)F. The Morgan fingerprint density at radius 3 is 2.14 bits per heavy atom. The van der Waals surface area contributed by atoms with Gasteiger partial charge in [0.05, 0.1) is 0 Å². The summed E-state index contributed by atoms with van der Waals surface area (Å²) in [5, 5.41) is 5.85. The number of halogens is 4. The highest BCUT2D eigenvalue weighted by Gasteiger charge is 2.34. The van der Waals surface area contributed by atoms with Gasteiger partial charge in [-0.1, -0.05) is 23.4 Å². The van der Waals surface area contributed by atoms with Gasteiger partial charge < -0.3 is 0 Å². The van der Waals surface area contributed by atoms with Crippen LogP contribution in [-0.4, -0.2) is 11.2 Å². The Balaban J connectivity index is 2.71. The van der Waals surface area contributed by atoms with E-state index in [1.165, 1.54) is 24.3 Å². The molecule has 0 aliphatic rings. The van der Waals surface area contributed by atoms with E-state index < -0.39 is 11.2 Å². The van der Waals surface area contributed by atoms with Crippen LogP contribution < -0.4 is 0 Å². The number of rotatable bonds is 1. The van der Waals surface area contributed by atoms with Crippen molar-refractivity contribution in [1.82, 2.24) is 0 Å². The van der Waals surface area contributed by atoms with Crippen LogP contribution in [0.1, 0.15) is 0 Å². The zero-order valence-electron chi connectivity index (χ0n) is 6.73. The minimum atomic E-state index is -4.58. The van der Waals surface area contributed by atoms with Crippen LogP contribution in [0, 0.1) is 5.41 Å². The second-order valence-electron chi connectivity index (χ2n) is 2.38. The van der Waals surface area contributed by atoms with Crippen molar-refractivity contribution in [2.45, 2.75) is 11.1 Å². The van der Waals surface area contributed by atoms with E-state index in [2.05, 4.69) is 0 Å². The first-order valence-corrected chi connectivity index (χ1v) is 4.68. The van der Waals surface area contributed by atoms with Crippen LogP contribution in [0.4, 0.5) is 13.2 Å². The third-order valence-corrected chi connectivity index (χ3v) is 2.49. The molecule has 0 saturated carbocycles. The van der Waals surface area contributed by atoms with Gasteiger partial charge in [0.15, 0.2) is 5.04 Å². The van der Waals surface area contributed by atoms with Gasteiger partial charge >= 0.3 is 6.18 Å². The van der Waals surface area contributed by atoms with Crippen molar-refractivity contribution < 1.29 is 13.2 Å². The van der Waals surface area contributed by atoms with Crippen LogP contribution in [0.3, 0.4) is 0 Å². The largest absolute Gasteiger partial charge is 0.439 e. The lowest BCUT2D eigenvalue weighted by atomic mass is 10.4. The molecule has 76 valence electrons. The minimum absolute atomic E-state index is 0.344. The Kier molecular flexibility index (Phi) is 3.44. The van der Waals surface area contributed by atoms with Crippen LogP contribution in [0.5, 0.6) is 0 Å². The minimum Gasteiger partial charge on any atom is -0.290 e. The summed E-state index contributed by atoms with van der Waals surface area (Å²) in [6, 6.07) is 5.83. The third-order valence-electron chi connectivity index (χ3n) is 1.29. The molecular weight excluding hydrogens is 235 g/mol. The average Bonchev–Trinajstić information content (AvgIpc) is 2.07. The lowest BCUT2D eigenvalue weighted by molar-refractivity contribution is -0.0561. The van der Waals surface area contributed by atoms with E-state index in [0.29, 0.717) is 21.7 Å². The predicted octanol–water partition coefficient (Wildman–Crippen LogP) is 3.97. The summed E-state index contributed by atoms with van der Waals surface area (Å²) in [5.74, 6) is 0. The fraction of sp³-hybridized carbons (Fsp3) is 0.125.